The second-order valence-corrected chi connectivity index (χ2v) is 8.15. The fraction of sp³-hybridized carbons (Fsp3) is 0.526. The Morgan fingerprint density at radius 2 is 2.08 bits per heavy atom. The van der Waals surface area contributed by atoms with Gasteiger partial charge in [-0.25, -0.2) is 4.79 Å². The van der Waals surface area contributed by atoms with Gasteiger partial charge in [0.2, 0.25) is 0 Å². The van der Waals surface area contributed by atoms with Gasteiger partial charge in [0.1, 0.15) is 6.10 Å². The summed E-state index contributed by atoms with van der Waals surface area (Å²) in [4.78, 5) is 14.1. The Bertz CT molecular complexity index is 707. The third-order valence-corrected chi connectivity index (χ3v) is 4.66. The van der Waals surface area contributed by atoms with E-state index in [2.05, 4.69) is 5.32 Å². The van der Waals surface area contributed by atoms with Crippen LogP contribution in [0.3, 0.4) is 0 Å². The number of fused-ring (bicyclic) bond motifs is 1. The maximum atomic E-state index is 12.1. The summed E-state index contributed by atoms with van der Waals surface area (Å²) in [7, 11) is 0. The molecule has 2 N–H and O–H groups in total. The van der Waals surface area contributed by atoms with E-state index in [1.165, 1.54) is 0 Å². The van der Waals surface area contributed by atoms with E-state index in [1.54, 1.807) is 6.07 Å². The standard InChI is InChI=1S/C19H25ClN2O3/c1-11(25-18(24)21-19(2,3)4)15-10-12-6-5-7-14(20)16(12)17(23)22(15)13-8-9-13/h5-7,10-11,13,17,23H,8-9H2,1-4H3,(H,21,24)/t11-,17-/m0/s1. The average Bonchev–Trinajstić information content (AvgIpc) is 3.29. The fourth-order valence-electron chi connectivity index (χ4n) is 3.11. The van der Waals surface area contributed by atoms with Gasteiger partial charge >= 0.3 is 6.09 Å². The quantitative estimate of drug-likeness (QED) is 0.848. The molecule has 136 valence electrons. The normalized spacial score (nSPS) is 21.3. The van der Waals surface area contributed by atoms with Crippen molar-refractivity contribution in [3.8, 4) is 0 Å². The molecule has 0 aromatic heterocycles. The molecule has 0 unspecified atom stereocenters. The van der Waals surface area contributed by atoms with Crippen molar-refractivity contribution in [3.05, 3.63) is 40.0 Å². The van der Waals surface area contributed by atoms with Crippen LogP contribution in [0.4, 0.5) is 4.79 Å². The van der Waals surface area contributed by atoms with Gasteiger partial charge in [0.05, 0.1) is 5.70 Å². The van der Waals surface area contributed by atoms with E-state index in [4.69, 9.17) is 16.3 Å². The van der Waals surface area contributed by atoms with Crippen molar-refractivity contribution >= 4 is 23.8 Å². The van der Waals surface area contributed by atoms with Gasteiger partial charge in [-0.15, -0.1) is 0 Å². The van der Waals surface area contributed by atoms with Crippen LogP contribution in [0.1, 0.15) is 57.9 Å². The Morgan fingerprint density at radius 1 is 1.40 bits per heavy atom. The van der Waals surface area contributed by atoms with Gasteiger partial charge in [-0.2, -0.15) is 0 Å². The highest BCUT2D eigenvalue weighted by molar-refractivity contribution is 6.31. The highest BCUT2D eigenvalue weighted by atomic mass is 35.5. The molecule has 1 aromatic carbocycles. The number of benzene rings is 1. The number of carbonyl (C=O) groups is 1. The van der Waals surface area contributed by atoms with Crippen LogP contribution >= 0.6 is 11.6 Å². The smallest absolute Gasteiger partial charge is 0.408 e. The topological polar surface area (TPSA) is 61.8 Å². The first-order valence-electron chi connectivity index (χ1n) is 8.62. The second kappa shape index (κ2) is 6.54. The van der Waals surface area contributed by atoms with E-state index in [1.807, 2.05) is 50.8 Å². The van der Waals surface area contributed by atoms with Gasteiger partial charge < -0.3 is 20.1 Å². The summed E-state index contributed by atoms with van der Waals surface area (Å²) in [6.07, 6.45) is 2.20. The maximum absolute atomic E-state index is 12.1. The van der Waals surface area contributed by atoms with Crippen molar-refractivity contribution in [3.63, 3.8) is 0 Å². The van der Waals surface area contributed by atoms with Gasteiger partial charge in [0.15, 0.2) is 6.23 Å². The molecule has 2 atom stereocenters. The fourth-order valence-corrected chi connectivity index (χ4v) is 3.39. The zero-order chi connectivity index (χ0) is 18.4. The van der Waals surface area contributed by atoms with Crippen molar-refractivity contribution < 1.29 is 14.6 Å². The van der Waals surface area contributed by atoms with Crippen LogP contribution in [0.5, 0.6) is 0 Å². The third kappa shape index (κ3) is 3.93. The van der Waals surface area contributed by atoms with E-state index in [-0.39, 0.29) is 11.6 Å². The zero-order valence-corrected chi connectivity index (χ0v) is 15.8. The number of nitrogens with zero attached hydrogens (tertiary/aromatic N) is 1. The van der Waals surface area contributed by atoms with Crippen LogP contribution in [0.15, 0.2) is 23.9 Å². The number of halogens is 1. The predicted molar refractivity (Wildman–Crippen MR) is 98.1 cm³/mol. The van der Waals surface area contributed by atoms with Gasteiger partial charge in [-0.05, 0) is 58.2 Å². The molecule has 25 heavy (non-hydrogen) atoms. The Kier molecular flexibility index (Phi) is 4.73. The number of hydrogen-bond donors (Lipinski definition) is 2. The molecule has 1 amide bonds. The van der Waals surface area contributed by atoms with Crippen molar-refractivity contribution in [2.45, 2.75) is 64.4 Å². The lowest BCUT2D eigenvalue weighted by molar-refractivity contribution is -0.00145. The summed E-state index contributed by atoms with van der Waals surface area (Å²) in [5.74, 6) is 0. The van der Waals surface area contributed by atoms with E-state index < -0.39 is 18.4 Å². The van der Waals surface area contributed by atoms with Gasteiger partial charge in [-0.3, -0.25) is 0 Å². The number of aliphatic hydroxyl groups excluding tert-OH is 1. The van der Waals surface area contributed by atoms with Crippen LogP contribution in [0.2, 0.25) is 5.02 Å². The molecular formula is C19H25ClN2O3. The van der Waals surface area contributed by atoms with Crippen LogP contribution in [-0.4, -0.2) is 33.8 Å². The molecule has 1 aromatic rings. The SMILES string of the molecule is C[C@H](OC(=O)NC(C)(C)C)C1=Cc2cccc(Cl)c2[C@H](O)N1C1CC1. The van der Waals surface area contributed by atoms with E-state index in [0.717, 1.165) is 24.1 Å². The lowest BCUT2D eigenvalue weighted by Crippen LogP contribution is -2.44. The first kappa shape index (κ1) is 18.1. The summed E-state index contributed by atoms with van der Waals surface area (Å²) >= 11 is 6.30. The molecule has 0 radical (unpaired) electrons. The summed E-state index contributed by atoms with van der Waals surface area (Å²) < 4.78 is 5.56. The molecule has 2 aliphatic rings. The zero-order valence-electron chi connectivity index (χ0n) is 15.0. The molecule has 5 nitrogen and oxygen atoms in total. The average molecular weight is 365 g/mol. The minimum Gasteiger partial charge on any atom is -0.440 e. The van der Waals surface area contributed by atoms with Crippen molar-refractivity contribution in [1.29, 1.82) is 0 Å². The first-order chi connectivity index (χ1) is 11.7. The number of amides is 1. The molecule has 1 aliphatic carbocycles. The minimum atomic E-state index is -0.826. The van der Waals surface area contributed by atoms with Crippen molar-refractivity contribution in [2.24, 2.45) is 0 Å². The summed E-state index contributed by atoms with van der Waals surface area (Å²) in [5, 5.41) is 14.2. The molecule has 6 heteroatoms. The number of carbonyl (C=O) groups excluding carboxylic acids is 1. The Balaban J connectivity index is 1.88. The van der Waals surface area contributed by atoms with Crippen LogP contribution in [-0.2, 0) is 4.74 Å². The number of rotatable bonds is 3. The Morgan fingerprint density at radius 3 is 2.68 bits per heavy atom. The van der Waals surface area contributed by atoms with Gasteiger partial charge in [0.25, 0.3) is 0 Å². The van der Waals surface area contributed by atoms with Crippen LogP contribution < -0.4 is 5.32 Å². The number of alkyl carbamates (subject to hydrolysis) is 1. The monoisotopic (exact) mass is 364 g/mol. The van der Waals surface area contributed by atoms with Crippen molar-refractivity contribution in [2.75, 3.05) is 0 Å². The first-order valence-corrected chi connectivity index (χ1v) is 9.00. The van der Waals surface area contributed by atoms with Crippen LogP contribution in [0.25, 0.3) is 6.08 Å². The summed E-state index contributed by atoms with van der Waals surface area (Å²) in [6, 6.07) is 5.80. The number of aliphatic hydroxyl groups is 1. The second-order valence-electron chi connectivity index (χ2n) is 7.75. The van der Waals surface area contributed by atoms with E-state index in [0.29, 0.717) is 10.6 Å². The molecule has 0 saturated heterocycles. The van der Waals surface area contributed by atoms with Crippen molar-refractivity contribution in [1.82, 2.24) is 10.2 Å². The lowest BCUT2D eigenvalue weighted by Gasteiger charge is -2.39. The highest BCUT2D eigenvalue weighted by Gasteiger charge is 2.41. The Hall–Kier alpha value is -1.72. The van der Waals surface area contributed by atoms with E-state index >= 15 is 0 Å². The molecule has 0 bridgehead atoms. The molecule has 1 heterocycles. The number of nitrogens with one attached hydrogen (secondary N) is 1. The molecule has 1 saturated carbocycles. The van der Waals surface area contributed by atoms with E-state index in [9.17, 15) is 9.90 Å². The number of ether oxygens (including phenoxy) is 1. The lowest BCUT2D eigenvalue weighted by atomic mass is 9.97. The molecule has 1 aliphatic heterocycles. The molecule has 1 fully saturated rings. The minimum absolute atomic E-state index is 0.252. The summed E-state index contributed by atoms with van der Waals surface area (Å²) in [5.41, 5.74) is 2.01. The molecular weight excluding hydrogens is 340 g/mol. The predicted octanol–water partition coefficient (Wildman–Crippen LogP) is 4.06. The molecule has 3 rings (SSSR count). The number of hydrogen-bond acceptors (Lipinski definition) is 4. The highest BCUT2D eigenvalue weighted by Crippen LogP contribution is 2.44. The molecule has 0 spiro atoms. The van der Waals surface area contributed by atoms with Gasteiger partial charge in [-0.1, -0.05) is 23.7 Å². The summed E-state index contributed by atoms with van der Waals surface area (Å²) in [6.45, 7) is 7.53. The Labute approximate surface area is 153 Å². The van der Waals surface area contributed by atoms with Crippen LogP contribution in [0, 0.1) is 0 Å². The largest absolute Gasteiger partial charge is 0.440 e. The third-order valence-electron chi connectivity index (χ3n) is 4.33. The van der Waals surface area contributed by atoms with Gasteiger partial charge in [0, 0.05) is 22.2 Å². The maximum Gasteiger partial charge on any atom is 0.408 e.